The first kappa shape index (κ1) is 16.9. The van der Waals surface area contributed by atoms with E-state index in [9.17, 15) is 13.2 Å². The molecule has 0 heterocycles. The Balaban J connectivity index is 1.59. The van der Waals surface area contributed by atoms with Gasteiger partial charge >= 0.3 is 6.03 Å². The zero-order valence-corrected chi connectivity index (χ0v) is 15.2. The summed E-state index contributed by atoms with van der Waals surface area (Å²) in [5, 5.41) is 2.83. The molecule has 26 heavy (non-hydrogen) atoms. The number of benzene rings is 2. The Morgan fingerprint density at radius 1 is 0.923 bits per heavy atom. The van der Waals surface area contributed by atoms with E-state index in [4.69, 9.17) is 5.73 Å². The molecule has 0 unspecified atom stereocenters. The van der Waals surface area contributed by atoms with Crippen molar-refractivity contribution >= 4 is 27.4 Å². The van der Waals surface area contributed by atoms with E-state index >= 15 is 0 Å². The van der Waals surface area contributed by atoms with Crippen molar-refractivity contribution in [3.05, 3.63) is 52.6 Å². The largest absolute Gasteiger partial charge is 0.399 e. The van der Waals surface area contributed by atoms with Gasteiger partial charge in [0.05, 0.1) is 4.90 Å². The highest BCUT2D eigenvalue weighted by molar-refractivity contribution is 7.90. The van der Waals surface area contributed by atoms with Crippen LogP contribution in [0, 0.1) is 0 Å². The number of nitrogens with one attached hydrogen (secondary N) is 2. The van der Waals surface area contributed by atoms with Crippen LogP contribution in [0.5, 0.6) is 0 Å². The highest BCUT2D eigenvalue weighted by Gasteiger charge is 2.26. The van der Waals surface area contributed by atoms with Crippen LogP contribution < -0.4 is 15.8 Å². The third-order valence-corrected chi connectivity index (χ3v) is 6.48. The van der Waals surface area contributed by atoms with Gasteiger partial charge in [0.15, 0.2) is 0 Å². The lowest BCUT2D eigenvalue weighted by atomic mass is 9.99. The van der Waals surface area contributed by atoms with Crippen molar-refractivity contribution in [2.45, 2.75) is 43.4 Å². The molecule has 2 aliphatic rings. The molecule has 7 heteroatoms. The molecule has 136 valence electrons. The second-order valence-electron chi connectivity index (χ2n) is 6.86. The highest BCUT2D eigenvalue weighted by atomic mass is 32.2. The fourth-order valence-electron chi connectivity index (χ4n) is 3.93. The summed E-state index contributed by atoms with van der Waals surface area (Å²) < 4.78 is 26.9. The summed E-state index contributed by atoms with van der Waals surface area (Å²) in [6.45, 7) is 0. The molecule has 0 aliphatic heterocycles. The predicted molar refractivity (Wildman–Crippen MR) is 101 cm³/mol. The topological polar surface area (TPSA) is 101 Å². The zero-order valence-electron chi connectivity index (χ0n) is 14.3. The molecule has 2 aromatic carbocycles. The van der Waals surface area contributed by atoms with Gasteiger partial charge in [-0.1, -0.05) is 6.07 Å². The van der Waals surface area contributed by atoms with Crippen LogP contribution in [0.25, 0.3) is 0 Å². The lowest BCUT2D eigenvalue weighted by molar-refractivity contribution is 0.256. The molecular weight excluding hydrogens is 350 g/mol. The number of nitrogen functional groups attached to an aromatic ring is 1. The fraction of sp³-hybridized carbons (Fsp3) is 0.316. The first-order valence-corrected chi connectivity index (χ1v) is 10.3. The highest BCUT2D eigenvalue weighted by Crippen LogP contribution is 2.38. The van der Waals surface area contributed by atoms with E-state index < -0.39 is 16.1 Å². The van der Waals surface area contributed by atoms with Crippen LogP contribution in [0.2, 0.25) is 0 Å². The molecule has 0 atom stereocenters. The quantitative estimate of drug-likeness (QED) is 0.722. The van der Waals surface area contributed by atoms with Gasteiger partial charge in [-0.2, -0.15) is 0 Å². The van der Waals surface area contributed by atoms with Crippen LogP contribution in [0.15, 0.2) is 35.2 Å². The Morgan fingerprint density at radius 2 is 1.50 bits per heavy atom. The van der Waals surface area contributed by atoms with Gasteiger partial charge in [0.2, 0.25) is 0 Å². The Hall–Kier alpha value is -2.54. The maximum atomic E-state index is 12.4. The number of sulfonamides is 1. The monoisotopic (exact) mass is 371 g/mol. The number of urea groups is 1. The van der Waals surface area contributed by atoms with Gasteiger partial charge in [0.1, 0.15) is 0 Å². The van der Waals surface area contributed by atoms with E-state index in [0.29, 0.717) is 5.69 Å². The first-order valence-electron chi connectivity index (χ1n) is 8.80. The molecule has 4 rings (SSSR count). The third-order valence-electron chi connectivity index (χ3n) is 5.13. The van der Waals surface area contributed by atoms with Gasteiger partial charge in [-0.15, -0.1) is 0 Å². The molecule has 4 N–H and O–H groups in total. The van der Waals surface area contributed by atoms with Gasteiger partial charge in [-0.25, -0.2) is 17.9 Å². The molecule has 0 saturated heterocycles. The molecule has 0 fully saturated rings. The summed E-state index contributed by atoms with van der Waals surface area (Å²) in [5.41, 5.74) is 11.7. The van der Waals surface area contributed by atoms with Crippen LogP contribution in [-0.4, -0.2) is 14.4 Å². The van der Waals surface area contributed by atoms with Crippen molar-refractivity contribution in [1.29, 1.82) is 0 Å². The second kappa shape index (κ2) is 6.32. The Kier molecular flexibility index (Phi) is 4.11. The van der Waals surface area contributed by atoms with E-state index in [1.165, 1.54) is 35.4 Å². The van der Waals surface area contributed by atoms with E-state index in [1.807, 2.05) is 0 Å². The van der Waals surface area contributed by atoms with Crippen LogP contribution in [0.1, 0.15) is 35.1 Å². The molecule has 2 aromatic rings. The number of rotatable bonds is 3. The minimum absolute atomic E-state index is 0.00497. The first-order chi connectivity index (χ1) is 12.4. The molecular formula is C19H21N3O3S. The molecule has 0 spiro atoms. The number of hydrogen-bond donors (Lipinski definition) is 3. The fourth-order valence-corrected chi connectivity index (χ4v) is 4.84. The van der Waals surface area contributed by atoms with Gasteiger partial charge in [0, 0.05) is 11.4 Å². The van der Waals surface area contributed by atoms with E-state index in [2.05, 4.69) is 16.1 Å². The molecule has 0 saturated carbocycles. The molecule has 2 aliphatic carbocycles. The van der Waals surface area contributed by atoms with Gasteiger partial charge in [0.25, 0.3) is 10.0 Å². The molecule has 0 radical (unpaired) electrons. The number of amides is 2. The number of hydrogen-bond acceptors (Lipinski definition) is 4. The summed E-state index contributed by atoms with van der Waals surface area (Å²) in [5.74, 6) is 0. The average Bonchev–Trinajstić information content (AvgIpc) is 3.23. The minimum Gasteiger partial charge on any atom is -0.399 e. The van der Waals surface area contributed by atoms with Gasteiger partial charge in [-0.05, 0) is 85.0 Å². The second-order valence-corrected chi connectivity index (χ2v) is 8.55. The predicted octanol–water partition coefficient (Wildman–Crippen LogP) is 2.76. The number of fused-ring (bicyclic) bond motifs is 2. The van der Waals surface area contributed by atoms with Crippen molar-refractivity contribution in [1.82, 2.24) is 4.72 Å². The van der Waals surface area contributed by atoms with Crippen molar-refractivity contribution in [3.8, 4) is 0 Å². The standard InChI is InChI=1S/C19H21N3O3S/c20-14-7-9-15(10-8-14)26(24,25)22-19(23)21-18-16-5-1-3-12(16)11-13-4-2-6-17(13)18/h7-11H,1-6,20H2,(H2,21,22,23). The molecule has 2 amide bonds. The van der Waals surface area contributed by atoms with Crippen molar-refractivity contribution in [3.63, 3.8) is 0 Å². The van der Waals surface area contributed by atoms with E-state index in [-0.39, 0.29) is 4.90 Å². The summed E-state index contributed by atoms with van der Waals surface area (Å²) in [6, 6.07) is 7.27. The van der Waals surface area contributed by atoms with Crippen molar-refractivity contribution < 1.29 is 13.2 Å². The van der Waals surface area contributed by atoms with Gasteiger partial charge < -0.3 is 11.1 Å². The van der Waals surface area contributed by atoms with E-state index in [0.717, 1.165) is 55.3 Å². The summed E-state index contributed by atoms with van der Waals surface area (Å²) >= 11 is 0. The lowest BCUT2D eigenvalue weighted by Gasteiger charge is -2.16. The summed E-state index contributed by atoms with van der Waals surface area (Å²) in [7, 11) is -3.94. The van der Waals surface area contributed by atoms with E-state index in [1.54, 1.807) is 0 Å². The van der Waals surface area contributed by atoms with Crippen LogP contribution in [0.3, 0.4) is 0 Å². The Morgan fingerprint density at radius 3 is 2.08 bits per heavy atom. The summed E-state index contributed by atoms with van der Waals surface area (Å²) in [6.07, 6.45) is 6.01. The van der Waals surface area contributed by atoms with Crippen LogP contribution in [-0.2, 0) is 35.7 Å². The summed E-state index contributed by atoms with van der Waals surface area (Å²) in [4.78, 5) is 12.4. The number of nitrogens with two attached hydrogens (primary N) is 1. The minimum atomic E-state index is -3.94. The van der Waals surface area contributed by atoms with Crippen LogP contribution in [0.4, 0.5) is 16.2 Å². The smallest absolute Gasteiger partial charge is 0.333 e. The molecule has 6 nitrogen and oxygen atoms in total. The van der Waals surface area contributed by atoms with Crippen LogP contribution >= 0.6 is 0 Å². The SMILES string of the molecule is Nc1ccc(S(=O)(=O)NC(=O)Nc2c3c(cc4c2CCC4)CCC3)cc1. The Labute approximate surface area is 152 Å². The zero-order chi connectivity index (χ0) is 18.3. The van der Waals surface area contributed by atoms with Gasteiger partial charge in [-0.3, -0.25) is 0 Å². The Bertz CT molecular complexity index is 950. The third kappa shape index (κ3) is 3.03. The lowest BCUT2D eigenvalue weighted by Crippen LogP contribution is -2.35. The maximum Gasteiger partial charge on any atom is 0.333 e. The van der Waals surface area contributed by atoms with Crippen molar-refractivity contribution in [2.75, 3.05) is 11.1 Å². The number of aryl methyl sites for hydroxylation is 2. The number of carbonyl (C=O) groups excluding carboxylic acids is 1. The molecule has 0 bridgehead atoms. The molecule has 0 aromatic heterocycles. The average molecular weight is 371 g/mol. The normalized spacial score (nSPS) is 15.4. The number of anilines is 2. The van der Waals surface area contributed by atoms with Crippen molar-refractivity contribution in [2.24, 2.45) is 0 Å². The number of carbonyl (C=O) groups is 1. The maximum absolute atomic E-state index is 12.4.